The molecule has 1 aromatic carbocycles. The van der Waals surface area contributed by atoms with Gasteiger partial charge in [0.2, 0.25) is 0 Å². The number of para-hydroxylation sites is 2. The first-order valence-electron chi connectivity index (χ1n) is 4.52. The van der Waals surface area contributed by atoms with Gasteiger partial charge in [0.15, 0.2) is 0 Å². The maximum absolute atomic E-state index is 8.08. The lowest BCUT2D eigenvalue weighted by Gasteiger charge is -1.82. The summed E-state index contributed by atoms with van der Waals surface area (Å²) in [7, 11) is 0. The van der Waals surface area contributed by atoms with Gasteiger partial charge in [-0.3, -0.25) is 0 Å². The average Bonchev–Trinajstić information content (AvgIpc) is 2.67. The minimum atomic E-state index is 0.341. The number of nitrogens with one attached hydrogen (secondary N) is 1. The zero-order chi connectivity index (χ0) is 10.5. The summed E-state index contributed by atoms with van der Waals surface area (Å²) in [6, 6.07) is 7.80. The molecule has 2 rings (SSSR count). The van der Waals surface area contributed by atoms with E-state index in [0.717, 1.165) is 16.9 Å². The van der Waals surface area contributed by atoms with Crippen LogP contribution in [0, 0.1) is 0 Å². The number of hydrogen-bond donors (Lipinski definition) is 1. The summed E-state index contributed by atoms with van der Waals surface area (Å²) in [5.74, 6) is 0.768. The molecule has 15 heavy (non-hydrogen) atoms. The highest BCUT2D eigenvalue weighted by Gasteiger charge is 1.96. The Morgan fingerprint density at radius 2 is 2.33 bits per heavy atom. The summed E-state index contributed by atoms with van der Waals surface area (Å²) in [4.78, 5) is 10.1. The van der Waals surface area contributed by atoms with Crippen molar-refractivity contribution in [1.82, 2.24) is 9.97 Å². The maximum atomic E-state index is 8.08. The van der Waals surface area contributed by atoms with Crippen molar-refractivity contribution in [3.63, 3.8) is 0 Å². The predicted molar refractivity (Wildman–Crippen MR) is 59.1 cm³/mol. The number of fused-ring (bicyclic) bond motifs is 1. The summed E-state index contributed by atoms with van der Waals surface area (Å²) in [5, 5.41) is 3.39. The van der Waals surface area contributed by atoms with Crippen LogP contribution in [0.5, 0.6) is 0 Å². The summed E-state index contributed by atoms with van der Waals surface area (Å²) in [6.07, 6.45) is 3.56. The van der Waals surface area contributed by atoms with Crippen LogP contribution < -0.4 is 0 Å². The minimum absolute atomic E-state index is 0.341. The van der Waals surface area contributed by atoms with E-state index < -0.39 is 0 Å². The normalized spacial score (nSPS) is 10.7. The highest BCUT2D eigenvalue weighted by molar-refractivity contribution is 5.76. The zero-order valence-corrected chi connectivity index (χ0v) is 7.96. The minimum Gasteiger partial charge on any atom is -0.338 e. The molecule has 0 saturated carbocycles. The van der Waals surface area contributed by atoms with Crippen LogP contribution in [0.2, 0.25) is 0 Å². The van der Waals surface area contributed by atoms with Crippen LogP contribution in [0.3, 0.4) is 0 Å². The lowest BCUT2D eigenvalue weighted by Crippen LogP contribution is -1.74. The lowest BCUT2D eigenvalue weighted by atomic mass is 10.3. The Morgan fingerprint density at radius 1 is 1.47 bits per heavy atom. The third-order valence-corrected chi connectivity index (χ3v) is 1.93. The highest BCUT2D eigenvalue weighted by atomic mass is 15.1. The number of H-pyrrole nitrogens is 1. The van der Waals surface area contributed by atoms with Gasteiger partial charge in [0, 0.05) is 11.5 Å². The first-order valence-corrected chi connectivity index (χ1v) is 4.52. The Morgan fingerprint density at radius 3 is 3.13 bits per heavy atom. The SMILES string of the molecule is [N-]=[N+]=NCC=Cc1nc2ccccc2[nH]1. The number of hydrogen-bond acceptors (Lipinski definition) is 2. The predicted octanol–water partition coefficient (Wildman–Crippen LogP) is 2.89. The molecule has 0 unspecified atom stereocenters. The molecule has 0 saturated heterocycles. The fraction of sp³-hybridized carbons (Fsp3) is 0.100. The second-order valence-corrected chi connectivity index (χ2v) is 2.96. The van der Waals surface area contributed by atoms with E-state index in [4.69, 9.17) is 5.53 Å². The quantitative estimate of drug-likeness (QED) is 0.460. The number of rotatable bonds is 3. The molecule has 0 aliphatic heterocycles. The van der Waals surface area contributed by atoms with Gasteiger partial charge in [-0.2, -0.15) is 0 Å². The van der Waals surface area contributed by atoms with Crippen molar-refractivity contribution in [2.75, 3.05) is 6.54 Å². The van der Waals surface area contributed by atoms with E-state index >= 15 is 0 Å². The van der Waals surface area contributed by atoms with Crippen LogP contribution in [0.1, 0.15) is 5.82 Å². The monoisotopic (exact) mass is 199 g/mol. The molecular formula is C10H9N5. The Balaban J connectivity index is 2.22. The molecule has 0 amide bonds. The van der Waals surface area contributed by atoms with E-state index in [1.807, 2.05) is 24.3 Å². The van der Waals surface area contributed by atoms with E-state index in [9.17, 15) is 0 Å². The Hall–Kier alpha value is -2.26. The standard InChI is InChI=1S/C10H9N5/c11-15-12-7-3-6-10-13-8-4-1-2-5-9(8)14-10/h1-6H,7H2,(H,13,14). The molecule has 0 fully saturated rings. The van der Waals surface area contributed by atoms with Gasteiger partial charge in [-0.1, -0.05) is 23.3 Å². The van der Waals surface area contributed by atoms with Gasteiger partial charge in [-0.25, -0.2) is 4.98 Å². The number of imidazole rings is 1. The fourth-order valence-corrected chi connectivity index (χ4v) is 1.30. The zero-order valence-electron chi connectivity index (χ0n) is 7.96. The van der Waals surface area contributed by atoms with Gasteiger partial charge in [-0.15, -0.1) is 0 Å². The molecular weight excluding hydrogens is 190 g/mol. The second-order valence-electron chi connectivity index (χ2n) is 2.96. The largest absolute Gasteiger partial charge is 0.338 e. The molecule has 0 atom stereocenters. The van der Waals surface area contributed by atoms with Gasteiger partial charge in [-0.05, 0) is 23.7 Å². The van der Waals surface area contributed by atoms with Crippen LogP contribution >= 0.6 is 0 Å². The Bertz CT molecular complexity index is 500. The number of nitrogens with zero attached hydrogens (tertiary/aromatic N) is 4. The molecule has 1 heterocycles. The molecule has 0 radical (unpaired) electrons. The van der Waals surface area contributed by atoms with Crippen molar-refractivity contribution in [3.05, 3.63) is 46.6 Å². The maximum Gasteiger partial charge on any atom is 0.130 e. The molecule has 0 aliphatic carbocycles. The molecule has 5 heteroatoms. The van der Waals surface area contributed by atoms with Gasteiger partial charge in [0.05, 0.1) is 11.0 Å². The third-order valence-electron chi connectivity index (χ3n) is 1.93. The molecule has 0 bridgehead atoms. The van der Waals surface area contributed by atoms with E-state index in [-0.39, 0.29) is 0 Å². The number of aromatic amines is 1. The number of aromatic nitrogens is 2. The second kappa shape index (κ2) is 4.30. The van der Waals surface area contributed by atoms with Crippen LogP contribution in [-0.4, -0.2) is 16.5 Å². The van der Waals surface area contributed by atoms with Crippen molar-refractivity contribution in [2.45, 2.75) is 0 Å². The molecule has 1 N–H and O–H groups in total. The van der Waals surface area contributed by atoms with E-state index in [0.29, 0.717) is 6.54 Å². The lowest BCUT2D eigenvalue weighted by molar-refractivity contribution is 1.21. The number of azide groups is 1. The summed E-state index contributed by atoms with van der Waals surface area (Å²) in [5.41, 5.74) is 10.0. The van der Waals surface area contributed by atoms with Crippen molar-refractivity contribution in [3.8, 4) is 0 Å². The van der Waals surface area contributed by atoms with Crippen LogP contribution in [0.15, 0.2) is 35.5 Å². The van der Waals surface area contributed by atoms with Gasteiger partial charge in [0.25, 0.3) is 0 Å². The van der Waals surface area contributed by atoms with Crippen molar-refractivity contribution in [2.24, 2.45) is 5.11 Å². The molecule has 2 aromatic rings. The summed E-state index contributed by atoms with van der Waals surface area (Å²) in [6.45, 7) is 0.341. The molecule has 74 valence electrons. The molecule has 5 nitrogen and oxygen atoms in total. The highest BCUT2D eigenvalue weighted by Crippen LogP contribution is 2.10. The van der Waals surface area contributed by atoms with Crippen LogP contribution in [0.25, 0.3) is 27.6 Å². The van der Waals surface area contributed by atoms with Crippen molar-refractivity contribution >= 4 is 17.1 Å². The van der Waals surface area contributed by atoms with E-state index in [2.05, 4.69) is 20.0 Å². The van der Waals surface area contributed by atoms with Gasteiger partial charge < -0.3 is 4.98 Å². The van der Waals surface area contributed by atoms with Crippen LogP contribution in [0.4, 0.5) is 0 Å². The van der Waals surface area contributed by atoms with E-state index in [1.54, 1.807) is 12.2 Å². The molecule has 0 spiro atoms. The van der Waals surface area contributed by atoms with Crippen LogP contribution in [-0.2, 0) is 0 Å². The summed E-state index contributed by atoms with van der Waals surface area (Å²) < 4.78 is 0. The smallest absolute Gasteiger partial charge is 0.130 e. The van der Waals surface area contributed by atoms with Gasteiger partial charge >= 0.3 is 0 Å². The fourth-order valence-electron chi connectivity index (χ4n) is 1.30. The summed E-state index contributed by atoms with van der Waals surface area (Å²) >= 11 is 0. The van der Waals surface area contributed by atoms with Crippen molar-refractivity contribution in [1.29, 1.82) is 0 Å². The topological polar surface area (TPSA) is 77.4 Å². The average molecular weight is 199 g/mol. The number of benzene rings is 1. The third kappa shape index (κ3) is 2.15. The first-order chi connectivity index (χ1) is 7.40. The first kappa shape index (κ1) is 9.30. The Labute approximate surface area is 86.1 Å². The Kier molecular flexibility index (Phi) is 2.67. The van der Waals surface area contributed by atoms with Crippen molar-refractivity contribution < 1.29 is 0 Å². The van der Waals surface area contributed by atoms with E-state index in [1.165, 1.54) is 0 Å². The molecule has 0 aliphatic rings. The molecule has 1 aromatic heterocycles. The van der Waals surface area contributed by atoms with Gasteiger partial charge in [0.1, 0.15) is 5.82 Å².